The van der Waals surface area contributed by atoms with E-state index >= 15 is 0 Å². The van der Waals surface area contributed by atoms with Crippen LogP contribution in [0.2, 0.25) is 0 Å². The summed E-state index contributed by atoms with van der Waals surface area (Å²) in [6, 6.07) is 12.8. The molecule has 1 atom stereocenters. The van der Waals surface area contributed by atoms with Crippen LogP contribution < -0.4 is 11.2 Å². The van der Waals surface area contributed by atoms with Gasteiger partial charge in [-0.15, -0.1) is 0 Å². The molecule has 1 aliphatic heterocycles. The van der Waals surface area contributed by atoms with E-state index in [1.54, 1.807) is 11.6 Å². The molecule has 0 unspecified atom stereocenters. The molecular formula is C31H32BrN7O3. The minimum atomic E-state index is -0.295. The van der Waals surface area contributed by atoms with Gasteiger partial charge in [0.05, 0.1) is 24.1 Å². The van der Waals surface area contributed by atoms with Crippen molar-refractivity contribution < 1.29 is 4.79 Å². The van der Waals surface area contributed by atoms with Gasteiger partial charge in [0.2, 0.25) is 0 Å². The number of nitrogens with one attached hydrogen (secondary N) is 1. The highest BCUT2D eigenvalue weighted by Crippen LogP contribution is 2.28. The Morgan fingerprint density at radius 2 is 1.88 bits per heavy atom. The van der Waals surface area contributed by atoms with Crippen LogP contribution in [0.15, 0.2) is 62.7 Å². The maximum atomic E-state index is 14.3. The van der Waals surface area contributed by atoms with E-state index in [9.17, 15) is 14.4 Å². The van der Waals surface area contributed by atoms with Crippen molar-refractivity contribution in [2.45, 2.75) is 53.1 Å². The van der Waals surface area contributed by atoms with Crippen molar-refractivity contribution in [1.29, 1.82) is 0 Å². The highest BCUT2D eigenvalue weighted by Gasteiger charge is 2.33. The van der Waals surface area contributed by atoms with Gasteiger partial charge in [-0.05, 0) is 80.6 Å². The van der Waals surface area contributed by atoms with Gasteiger partial charge in [-0.3, -0.25) is 19.1 Å². The third-order valence-corrected chi connectivity index (χ3v) is 8.80. The molecule has 6 rings (SSSR count). The van der Waals surface area contributed by atoms with Gasteiger partial charge in [0, 0.05) is 39.8 Å². The molecule has 0 fully saturated rings. The lowest BCUT2D eigenvalue weighted by Gasteiger charge is -2.35. The summed E-state index contributed by atoms with van der Waals surface area (Å²) in [5, 5.41) is 9.01. The van der Waals surface area contributed by atoms with E-state index in [2.05, 4.69) is 39.9 Å². The molecule has 0 saturated heterocycles. The first-order valence-electron chi connectivity index (χ1n) is 14.0. The number of H-pyrrole nitrogens is 1. The molecule has 2 aromatic carbocycles. The number of halogens is 1. The van der Waals surface area contributed by atoms with E-state index in [0.29, 0.717) is 40.6 Å². The topological polar surface area (TPSA) is 110 Å². The third-order valence-electron chi connectivity index (χ3n) is 7.91. The summed E-state index contributed by atoms with van der Waals surface area (Å²) in [5.74, 6) is 0.736. The van der Waals surface area contributed by atoms with Crippen molar-refractivity contribution in [3.63, 3.8) is 0 Å². The van der Waals surface area contributed by atoms with Crippen molar-refractivity contribution in [2.24, 2.45) is 13.0 Å². The highest BCUT2D eigenvalue weighted by molar-refractivity contribution is 9.10. The Hall–Kier alpha value is -4.25. The molecule has 0 aliphatic carbocycles. The summed E-state index contributed by atoms with van der Waals surface area (Å²) in [6.07, 6.45) is 2.99. The molecule has 4 heterocycles. The molecule has 1 amide bonds. The number of hydrogen-bond donors (Lipinski definition) is 1. The number of nitrogens with zero attached hydrogens (tertiary/aromatic N) is 6. The fourth-order valence-corrected chi connectivity index (χ4v) is 5.97. The Labute approximate surface area is 250 Å². The Kier molecular flexibility index (Phi) is 7.00. The molecule has 0 saturated carbocycles. The van der Waals surface area contributed by atoms with Crippen LogP contribution in [0.25, 0.3) is 22.7 Å². The van der Waals surface area contributed by atoms with Gasteiger partial charge in [-0.2, -0.15) is 10.2 Å². The molecule has 1 aliphatic rings. The molecular weight excluding hydrogens is 598 g/mol. The highest BCUT2D eigenvalue weighted by atomic mass is 79.9. The lowest BCUT2D eigenvalue weighted by molar-refractivity contribution is 0.0651. The first kappa shape index (κ1) is 27.9. The molecule has 0 bridgehead atoms. The van der Waals surface area contributed by atoms with Crippen LogP contribution in [0.4, 0.5) is 0 Å². The quantitative estimate of drug-likeness (QED) is 0.309. The van der Waals surface area contributed by atoms with E-state index in [4.69, 9.17) is 5.10 Å². The van der Waals surface area contributed by atoms with Crippen LogP contribution in [0.1, 0.15) is 53.5 Å². The Balaban J connectivity index is 1.48. The van der Waals surface area contributed by atoms with E-state index in [1.165, 1.54) is 4.68 Å². The monoisotopic (exact) mass is 629 g/mol. The molecule has 1 N–H and O–H groups in total. The maximum absolute atomic E-state index is 14.3. The van der Waals surface area contributed by atoms with Gasteiger partial charge in [0.15, 0.2) is 5.82 Å². The summed E-state index contributed by atoms with van der Waals surface area (Å²) in [7, 11) is 1.59. The molecule has 3 aromatic heterocycles. The second-order valence-corrected chi connectivity index (χ2v) is 12.3. The fraction of sp³-hybridized carbons (Fsp3) is 0.323. The zero-order valence-corrected chi connectivity index (χ0v) is 25.8. The van der Waals surface area contributed by atoms with Gasteiger partial charge in [-0.1, -0.05) is 29.8 Å². The number of rotatable bonds is 5. The number of benzene rings is 2. The van der Waals surface area contributed by atoms with Crippen molar-refractivity contribution in [1.82, 2.24) is 33.8 Å². The largest absolute Gasteiger partial charge is 0.343 e. The second kappa shape index (κ2) is 10.5. The van der Waals surface area contributed by atoms with Crippen LogP contribution in [0.5, 0.6) is 0 Å². The smallest absolute Gasteiger partial charge is 0.330 e. The minimum Gasteiger partial charge on any atom is -0.330 e. The molecule has 0 radical (unpaired) electrons. The SMILES string of the molecule is Cc1cc(C(=O)N2Cc3c(c(=O)n(-c4ccc(-c5nn(C)c(=O)[nH]5)cc4)c4c(CC(C)C)cnn34)C[C@H]2C)ccc1Br. The first-order valence-corrected chi connectivity index (χ1v) is 14.8. The van der Waals surface area contributed by atoms with Gasteiger partial charge < -0.3 is 4.90 Å². The number of carbonyl (C=O) groups is 1. The Morgan fingerprint density at radius 1 is 1.14 bits per heavy atom. The normalized spacial score (nSPS) is 15.0. The van der Waals surface area contributed by atoms with Crippen molar-refractivity contribution in [2.75, 3.05) is 0 Å². The molecule has 10 nitrogen and oxygen atoms in total. The summed E-state index contributed by atoms with van der Waals surface area (Å²) >= 11 is 3.52. The average molecular weight is 631 g/mol. The lowest BCUT2D eigenvalue weighted by atomic mass is 9.97. The van der Waals surface area contributed by atoms with Gasteiger partial charge in [0.25, 0.3) is 11.5 Å². The Bertz CT molecular complexity index is 1960. The third kappa shape index (κ3) is 4.71. The summed E-state index contributed by atoms with van der Waals surface area (Å²) < 4.78 is 5.78. The number of aryl methyl sites for hydroxylation is 2. The summed E-state index contributed by atoms with van der Waals surface area (Å²) in [5.41, 5.74) is 5.69. The van der Waals surface area contributed by atoms with Gasteiger partial charge >= 0.3 is 5.69 Å². The lowest BCUT2D eigenvalue weighted by Crippen LogP contribution is -2.46. The van der Waals surface area contributed by atoms with E-state index in [-0.39, 0.29) is 29.7 Å². The number of amides is 1. The number of aromatic nitrogens is 6. The Morgan fingerprint density at radius 3 is 2.52 bits per heavy atom. The number of hydrogen-bond acceptors (Lipinski definition) is 5. The van der Waals surface area contributed by atoms with E-state index in [1.807, 2.05) is 71.9 Å². The zero-order valence-electron chi connectivity index (χ0n) is 24.2. The van der Waals surface area contributed by atoms with Crippen LogP contribution in [0.3, 0.4) is 0 Å². The van der Waals surface area contributed by atoms with Crippen molar-refractivity contribution in [3.8, 4) is 17.1 Å². The standard InChI is InChI=1S/C31H32BrN7O3/c1-17(2)12-22-15-33-39-26-16-37(29(40)21-8-11-25(32)18(3)13-21)19(4)14-24(26)30(41)38(28(22)39)23-9-6-20(7-10-23)27-34-31(42)36(5)35-27/h6-11,13,15,17,19H,12,14,16H2,1-5H3,(H,34,35,42)/t19-/m1/s1. The van der Waals surface area contributed by atoms with Crippen LogP contribution >= 0.6 is 15.9 Å². The van der Waals surface area contributed by atoms with Gasteiger partial charge in [0.1, 0.15) is 5.65 Å². The van der Waals surface area contributed by atoms with Crippen LogP contribution in [0, 0.1) is 12.8 Å². The molecule has 216 valence electrons. The molecule has 42 heavy (non-hydrogen) atoms. The predicted octanol–water partition coefficient (Wildman–Crippen LogP) is 4.43. The summed E-state index contributed by atoms with van der Waals surface area (Å²) in [6.45, 7) is 8.50. The fourth-order valence-electron chi connectivity index (χ4n) is 5.72. The zero-order chi connectivity index (χ0) is 29.9. The van der Waals surface area contributed by atoms with Crippen molar-refractivity contribution in [3.05, 3.63) is 102 Å². The van der Waals surface area contributed by atoms with Crippen LogP contribution in [-0.4, -0.2) is 45.8 Å². The first-order chi connectivity index (χ1) is 20.0. The minimum absolute atomic E-state index is 0.0706. The van der Waals surface area contributed by atoms with E-state index in [0.717, 1.165) is 33.3 Å². The number of fused-ring (bicyclic) bond motifs is 3. The van der Waals surface area contributed by atoms with E-state index < -0.39 is 0 Å². The maximum Gasteiger partial charge on any atom is 0.343 e. The van der Waals surface area contributed by atoms with Crippen LogP contribution in [-0.2, 0) is 26.4 Å². The predicted molar refractivity (Wildman–Crippen MR) is 164 cm³/mol. The number of aromatic amines is 1. The van der Waals surface area contributed by atoms with Gasteiger partial charge in [-0.25, -0.2) is 14.0 Å². The number of carbonyl (C=O) groups excluding carboxylic acids is 1. The summed E-state index contributed by atoms with van der Waals surface area (Å²) in [4.78, 5) is 44.4. The van der Waals surface area contributed by atoms with Crippen molar-refractivity contribution >= 4 is 27.5 Å². The molecule has 5 aromatic rings. The average Bonchev–Trinajstić information content (AvgIpc) is 3.52. The molecule has 11 heteroatoms. The second-order valence-electron chi connectivity index (χ2n) is 11.5. The molecule has 0 spiro atoms.